The van der Waals surface area contributed by atoms with Crippen LogP contribution in [0.25, 0.3) is 11.0 Å². The van der Waals surface area contributed by atoms with E-state index in [0.29, 0.717) is 0 Å². The Labute approximate surface area is 95.7 Å². The zero-order valence-electron chi connectivity index (χ0n) is 10.3. The lowest BCUT2D eigenvalue weighted by Crippen LogP contribution is -2.05. The van der Waals surface area contributed by atoms with Crippen molar-refractivity contribution >= 4 is 11.0 Å². The first-order chi connectivity index (χ1) is 7.67. The summed E-state index contributed by atoms with van der Waals surface area (Å²) in [6, 6.07) is 0. The molecule has 0 unspecified atom stereocenters. The summed E-state index contributed by atoms with van der Waals surface area (Å²) >= 11 is 0. The zero-order valence-corrected chi connectivity index (χ0v) is 10.3. The molecule has 0 fully saturated rings. The van der Waals surface area contributed by atoms with Gasteiger partial charge in [-0.05, 0) is 33.4 Å². The van der Waals surface area contributed by atoms with Crippen molar-refractivity contribution in [2.75, 3.05) is 7.05 Å². The number of aryl methyl sites for hydroxylation is 3. The Morgan fingerprint density at radius 3 is 2.69 bits per heavy atom. The van der Waals surface area contributed by atoms with Crippen molar-refractivity contribution in [1.82, 2.24) is 19.9 Å². The second kappa shape index (κ2) is 4.22. The van der Waals surface area contributed by atoms with E-state index in [0.717, 1.165) is 30.3 Å². The van der Waals surface area contributed by atoms with Crippen molar-refractivity contribution in [2.45, 2.75) is 33.9 Å². The molecule has 0 aromatic carbocycles. The van der Waals surface area contributed by atoms with Crippen LogP contribution in [-0.2, 0) is 13.1 Å². The third-order valence-electron chi connectivity index (χ3n) is 2.80. The Balaban J connectivity index is 2.74. The highest BCUT2D eigenvalue weighted by Gasteiger charge is 2.12. The van der Waals surface area contributed by atoms with Gasteiger partial charge in [0.1, 0.15) is 11.5 Å². The van der Waals surface area contributed by atoms with Crippen LogP contribution in [0, 0.1) is 13.8 Å². The van der Waals surface area contributed by atoms with E-state index >= 15 is 0 Å². The molecule has 0 atom stereocenters. The monoisotopic (exact) mass is 218 g/mol. The maximum Gasteiger partial charge on any atom is 0.144 e. The highest BCUT2D eigenvalue weighted by molar-refractivity contribution is 5.82. The first-order valence-corrected chi connectivity index (χ1v) is 5.65. The van der Waals surface area contributed by atoms with E-state index < -0.39 is 0 Å². The van der Waals surface area contributed by atoms with Crippen LogP contribution in [0.2, 0.25) is 0 Å². The summed E-state index contributed by atoms with van der Waals surface area (Å²) in [5.41, 5.74) is 3.40. The summed E-state index contributed by atoms with van der Waals surface area (Å²) in [4.78, 5) is 8.97. The number of hydrogen-bond acceptors (Lipinski definition) is 3. The molecule has 86 valence electrons. The van der Waals surface area contributed by atoms with Gasteiger partial charge in [-0.3, -0.25) is 0 Å². The molecule has 2 aromatic rings. The summed E-state index contributed by atoms with van der Waals surface area (Å²) in [5, 5.41) is 4.38. The standard InChI is InChI=1S/C12H18N4/c1-5-16-7-10(6-13-4)11-8(2)14-9(3)15-12(11)16/h7,13H,5-6H2,1-4H3. The van der Waals surface area contributed by atoms with Crippen LogP contribution in [0.15, 0.2) is 6.20 Å². The number of nitrogens with one attached hydrogen (secondary N) is 1. The third kappa shape index (κ3) is 1.69. The first-order valence-electron chi connectivity index (χ1n) is 5.65. The first kappa shape index (κ1) is 11.1. The molecule has 4 nitrogen and oxygen atoms in total. The lowest BCUT2D eigenvalue weighted by molar-refractivity contribution is 0.767. The summed E-state index contributed by atoms with van der Waals surface area (Å²) in [6.07, 6.45) is 2.17. The molecule has 2 aromatic heterocycles. The number of rotatable bonds is 3. The number of nitrogens with zero attached hydrogens (tertiary/aromatic N) is 3. The van der Waals surface area contributed by atoms with E-state index in [1.165, 1.54) is 10.9 Å². The number of hydrogen-bond donors (Lipinski definition) is 1. The van der Waals surface area contributed by atoms with E-state index in [9.17, 15) is 0 Å². The Hall–Kier alpha value is -1.42. The third-order valence-corrected chi connectivity index (χ3v) is 2.80. The molecule has 0 saturated heterocycles. The molecule has 0 aliphatic carbocycles. The molecule has 0 bridgehead atoms. The summed E-state index contributed by atoms with van der Waals surface area (Å²) < 4.78 is 2.18. The van der Waals surface area contributed by atoms with Gasteiger partial charge in [-0.2, -0.15) is 0 Å². The van der Waals surface area contributed by atoms with Crippen LogP contribution in [0.1, 0.15) is 24.0 Å². The van der Waals surface area contributed by atoms with Crippen molar-refractivity contribution < 1.29 is 0 Å². The molecule has 0 aliphatic heterocycles. The van der Waals surface area contributed by atoms with Gasteiger partial charge in [0.05, 0.1) is 5.69 Å². The molecule has 4 heteroatoms. The normalized spacial score (nSPS) is 11.2. The molecule has 0 spiro atoms. The zero-order chi connectivity index (χ0) is 11.7. The molecule has 1 N–H and O–H groups in total. The predicted molar refractivity (Wildman–Crippen MR) is 65.4 cm³/mol. The van der Waals surface area contributed by atoms with Crippen molar-refractivity contribution in [1.29, 1.82) is 0 Å². The fourth-order valence-electron chi connectivity index (χ4n) is 2.16. The molecule has 0 aliphatic rings. The smallest absolute Gasteiger partial charge is 0.144 e. The van der Waals surface area contributed by atoms with Gasteiger partial charge in [-0.1, -0.05) is 0 Å². The topological polar surface area (TPSA) is 42.7 Å². The minimum atomic E-state index is 0.841. The molecule has 2 heterocycles. The van der Waals surface area contributed by atoms with Gasteiger partial charge in [-0.25, -0.2) is 9.97 Å². The van der Waals surface area contributed by atoms with Gasteiger partial charge in [0.15, 0.2) is 0 Å². The van der Waals surface area contributed by atoms with Crippen LogP contribution in [0.5, 0.6) is 0 Å². The quantitative estimate of drug-likeness (QED) is 0.854. The van der Waals surface area contributed by atoms with E-state index in [1.54, 1.807) is 0 Å². The van der Waals surface area contributed by atoms with Gasteiger partial charge < -0.3 is 9.88 Å². The minimum Gasteiger partial charge on any atom is -0.332 e. The van der Waals surface area contributed by atoms with Crippen molar-refractivity contribution in [3.63, 3.8) is 0 Å². The average Bonchev–Trinajstić information content (AvgIpc) is 2.57. The van der Waals surface area contributed by atoms with Crippen LogP contribution in [-0.4, -0.2) is 21.6 Å². The fourth-order valence-corrected chi connectivity index (χ4v) is 2.16. The van der Waals surface area contributed by atoms with Crippen LogP contribution in [0.3, 0.4) is 0 Å². The van der Waals surface area contributed by atoms with Gasteiger partial charge in [0.2, 0.25) is 0 Å². The lowest BCUT2D eigenvalue weighted by Gasteiger charge is -2.02. The van der Waals surface area contributed by atoms with E-state index in [4.69, 9.17) is 0 Å². The Morgan fingerprint density at radius 1 is 1.31 bits per heavy atom. The molecule has 0 amide bonds. The summed E-state index contributed by atoms with van der Waals surface area (Å²) in [6.45, 7) is 7.93. The van der Waals surface area contributed by atoms with Gasteiger partial charge >= 0.3 is 0 Å². The molecular formula is C12H18N4. The molecular weight excluding hydrogens is 200 g/mol. The minimum absolute atomic E-state index is 0.841. The van der Waals surface area contributed by atoms with Crippen molar-refractivity contribution in [3.8, 4) is 0 Å². The Bertz CT molecular complexity index is 513. The van der Waals surface area contributed by atoms with Crippen LogP contribution >= 0.6 is 0 Å². The molecule has 2 rings (SSSR count). The predicted octanol–water partition coefficient (Wildman–Crippen LogP) is 1.79. The van der Waals surface area contributed by atoms with E-state index in [1.807, 2.05) is 14.0 Å². The SMILES string of the molecule is CCn1cc(CNC)c2c(C)nc(C)nc21. The summed E-state index contributed by atoms with van der Waals surface area (Å²) in [7, 11) is 1.96. The van der Waals surface area contributed by atoms with Crippen molar-refractivity contribution in [3.05, 3.63) is 23.3 Å². The maximum atomic E-state index is 4.53. The van der Waals surface area contributed by atoms with Gasteiger partial charge in [-0.15, -0.1) is 0 Å². The van der Waals surface area contributed by atoms with Crippen LogP contribution in [0.4, 0.5) is 0 Å². The maximum absolute atomic E-state index is 4.53. The van der Waals surface area contributed by atoms with Gasteiger partial charge in [0, 0.05) is 24.7 Å². The van der Waals surface area contributed by atoms with E-state index in [2.05, 4.69) is 39.9 Å². The Morgan fingerprint density at radius 2 is 2.06 bits per heavy atom. The van der Waals surface area contributed by atoms with Crippen LogP contribution < -0.4 is 5.32 Å². The number of fused-ring (bicyclic) bond motifs is 1. The lowest BCUT2D eigenvalue weighted by atomic mass is 10.2. The molecule has 0 radical (unpaired) electrons. The highest BCUT2D eigenvalue weighted by Crippen LogP contribution is 2.22. The van der Waals surface area contributed by atoms with E-state index in [-0.39, 0.29) is 0 Å². The van der Waals surface area contributed by atoms with Gasteiger partial charge in [0.25, 0.3) is 0 Å². The summed E-state index contributed by atoms with van der Waals surface area (Å²) in [5.74, 6) is 0.841. The average molecular weight is 218 g/mol. The fraction of sp³-hybridized carbons (Fsp3) is 0.500. The second-order valence-corrected chi connectivity index (χ2v) is 4.03. The number of aromatic nitrogens is 3. The van der Waals surface area contributed by atoms with Crippen molar-refractivity contribution in [2.24, 2.45) is 0 Å². The second-order valence-electron chi connectivity index (χ2n) is 4.03. The molecule has 16 heavy (non-hydrogen) atoms. The largest absolute Gasteiger partial charge is 0.332 e. The Kier molecular flexibility index (Phi) is 2.92. The molecule has 0 saturated carbocycles. The highest BCUT2D eigenvalue weighted by atomic mass is 15.1.